The number of hydrogen-bond acceptors (Lipinski definition) is 3. The van der Waals surface area contributed by atoms with Crippen molar-refractivity contribution >= 4 is 11.6 Å². The lowest BCUT2D eigenvalue weighted by atomic mass is 9.97. The van der Waals surface area contributed by atoms with Crippen LogP contribution < -0.4 is 5.32 Å². The Labute approximate surface area is 146 Å². The maximum absolute atomic E-state index is 12.8. The van der Waals surface area contributed by atoms with Crippen molar-refractivity contribution in [1.82, 2.24) is 9.78 Å². The number of benzene rings is 2. The van der Waals surface area contributed by atoms with E-state index in [1.807, 2.05) is 60.1 Å². The molecule has 25 heavy (non-hydrogen) atoms. The number of fused-ring (bicyclic) bond motifs is 1. The standard InChI is InChI=1S/C20H19N3O2/c1-14-18(13-21-23(14)16-8-3-2-4-9-16)22-20(24)19-17-10-6-5-7-15(17)11-12-25-19/h2-10,13,19H,11-12H2,1H3,(H,22,24)/t19-/m0/s1. The van der Waals surface area contributed by atoms with Crippen LogP contribution in [-0.2, 0) is 16.0 Å². The SMILES string of the molecule is Cc1c(NC(=O)[C@H]2OCCc3ccccc32)cnn1-c1ccccc1. The van der Waals surface area contributed by atoms with Gasteiger partial charge in [0.1, 0.15) is 0 Å². The number of ether oxygens (including phenoxy) is 1. The van der Waals surface area contributed by atoms with Gasteiger partial charge >= 0.3 is 0 Å². The summed E-state index contributed by atoms with van der Waals surface area (Å²) in [7, 11) is 0. The van der Waals surface area contributed by atoms with Gasteiger partial charge in [0, 0.05) is 0 Å². The monoisotopic (exact) mass is 333 g/mol. The number of nitrogens with zero attached hydrogens (tertiary/aromatic N) is 2. The molecule has 0 spiro atoms. The largest absolute Gasteiger partial charge is 0.363 e. The molecule has 2 aromatic carbocycles. The second-order valence-corrected chi connectivity index (χ2v) is 6.08. The Kier molecular flexibility index (Phi) is 4.07. The van der Waals surface area contributed by atoms with E-state index in [-0.39, 0.29) is 5.91 Å². The number of carbonyl (C=O) groups is 1. The first-order chi connectivity index (χ1) is 12.2. The third-order valence-corrected chi connectivity index (χ3v) is 4.50. The highest BCUT2D eigenvalue weighted by Crippen LogP contribution is 2.28. The Hall–Kier alpha value is -2.92. The summed E-state index contributed by atoms with van der Waals surface area (Å²) in [6, 6.07) is 17.8. The van der Waals surface area contributed by atoms with Gasteiger partial charge in [0.15, 0.2) is 6.10 Å². The molecule has 0 aliphatic carbocycles. The highest BCUT2D eigenvalue weighted by atomic mass is 16.5. The van der Waals surface area contributed by atoms with E-state index in [1.165, 1.54) is 5.56 Å². The van der Waals surface area contributed by atoms with Crippen LogP contribution in [0.3, 0.4) is 0 Å². The molecule has 2 heterocycles. The molecule has 1 N–H and O–H groups in total. The molecule has 0 saturated carbocycles. The predicted octanol–water partition coefficient (Wildman–Crippen LogP) is 3.43. The van der Waals surface area contributed by atoms with Crippen molar-refractivity contribution in [3.8, 4) is 5.69 Å². The van der Waals surface area contributed by atoms with Gasteiger partial charge < -0.3 is 10.1 Å². The number of anilines is 1. The van der Waals surface area contributed by atoms with Crippen LogP contribution in [0.25, 0.3) is 5.69 Å². The van der Waals surface area contributed by atoms with Gasteiger partial charge in [0.05, 0.1) is 29.9 Å². The van der Waals surface area contributed by atoms with Gasteiger partial charge in [-0.2, -0.15) is 5.10 Å². The summed E-state index contributed by atoms with van der Waals surface area (Å²) in [5.74, 6) is -0.164. The average molecular weight is 333 g/mol. The summed E-state index contributed by atoms with van der Waals surface area (Å²) >= 11 is 0. The first-order valence-corrected chi connectivity index (χ1v) is 8.34. The minimum Gasteiger partial charge on any atom is -0.363 e. The Morgan fingerprint density at radius 1 is 1.16 bits per heavy atom. The molecule has 1 amide bonds. The van der Waals surface area contributed by atoms with Crippen molar-refractivity contribution < 1.29 is 9.53 Å². The zero-order valence-corrected chi connectivity index (χ0v) is 14.0. The van der Waals surface area contributed by atoms with Crippen molar-refractivity contribution in [3.05, 3.63) is 77.6 Å². The van der Waals surface area contributed by atoms with E-state index in [2.05, 4.69) is 16.5 Å². The molecule has 0 bridgehead atoms. The van der Waals surface area contributed by atoms with Crippen molar-refractivity contribution in [3.63, 3.8) is 0 Å². The summed E-state index contributed by atoms with van der Waals surface area (Å²) in [4.78, 5) is 12.8. The number of para-hydroxylation sites is 1. The lowest BCUT2D eigenvalue weighted by molar-refractivity contribution is -0.128. The molecule has 0 saturated heterocycles. The Bertz CT molecular complexity index is 902. The van der Waals surface area contributed by atoms with Crippen LogP contribution in [0.5, 0.6) is 0 Å². The maximum atomic E-state index is 12.8. The van der Waals surface area contributed by atoms with Crippen LogP contribution in [0.4, 0.5) is 5.69 Å². The molecule has 126 valence electrons. The van der Waals surface area contributed by atoms with Crippen LogP contribution in [0.2, 0.25) is 0 Å². The minimum absolute atomic E-state index is 0.164. The first-order valence-electron chi connectivity index (χ1n) is 8.34. The van der Waals surface area contributed by atoms with Gasteiger partial charge in [-0.25, -0.2) is 4.68 Å². The second kappa shape index (κ2) is 6.53. The molecule has 3 aromatic rings. The maximum Gasteiger partial charge on any atom is 0.258 e. The Balaban J connectivity index is 1.58. The summed E-state index contributed by atoms with van der Waals surface area (Å²) in [6.45, 7) is 2.49. The molecular weight excluding hydrogens is 314 g/mol. The van der Waals surface area contributed by atoms with E-state index in [0.29, 0.717) is 12.3 Å². The molecule has 5 nitrogen and oxygen atoms in total. The highest BCUT2D eigenvalue weighted by molar-refractivity contribution is 5.95. The number of amides is 1. The summed E-state index contributed by atoms with van der Waals surface area (Å²) in [5, 5.41) is 7.35. The van der Waals surface area contributed by atoms with E-state index in [1.54, 1.807) is 6.20 Å². The number of aromatic nitrogens is 2. The fourth-order valence-corrected chi connectivity index (χ4v) is 3.17. The highest BCUT2D eigenvalue weighted by Gasteiger charge is 2.27. The molecule has 0 radical (unpaired) electrons. The molecule has 4 rings (SSSR count). The smallest absolute Gasteiger partial charge is 0.258 e. The predicted molar refractivity (Wildman–Crippen MR) is 95.8 cm³/mol. The first kappa shape index (κ1) is 15.6. The van der Waals surface area contributed by atoms with Gasteiger partial charge in [0.2, 0.25) is 0 Å². The van der Waals surface area contributed by atoms with Crippen molar-refractivity contribution in [1.29, 1.82) is 0 Å². The Morgan fingerprint density at radius 2 is 1.92 bits per heavy atom. The van der Waals surface area contributed by atoms with E-state index in [9.17, 15) is 4.79 Å². The third kappa shape index (κ3) is 2.94. The van der Waals surface area contributed by atoms with Crippen LogP contribution in [0.15, 0.2) is 60.8 Å². The van der Waals surface area contributed by atoms with E-state index in [0.717, 1.165) is 23.4 Å². The Morgan fingerprint density at radius 3 is 2.76 bits per heavy atom. The zero-order chi connectivity index (χ0) is 17.2. The zero-order valence-electron chi connectivity index (χ0n) is 14.0. The molecular formula is C20H19N3O2. The average Bonchev–Trinajstić information content (AvgIpc) is 3.02. The number of hydrogen-bond donors (Lipinski definition) is 1. The van der Waals surface area contributed by atoms with Crippen LogP contribution in [-0.4, -0.2) is 22.3 Å². The number of carbonyl (C=O) groups excluding carboxylic acids is 1. The number of nitrogens with one attached hydrogen (secondary N) is 1. The van der Waals surface area contributed by atoms with Crippen LogP contribution in [0.1, 0.15) is 22.9 Å². The van der Waals surface area contributed by atoms with E-state index in [4.69, 9.17) is 4.74 Å². The topological polar surface area (TPSA) is 56.1 Å². The van der Waals surface area contributed by atoms with Gasteiger partial charge in [-0.15, -0.1) is 0 Å². The van der Waals surface area contributed by atoms with Crippen molar-refractivity contribution in [2.75, 3.05) is 11.9 Å². The minimum atomic E-state index is -0.579. The van der Waals surface area contributed by atoms with E-state index >= 15 is 0 Å². The summed E-state index contributed by atoms with van der Waals surface area (Å²) in [6.07, 6.45) is 1.93. The van der Waals surface area contributed by atoms with Crippen molar-refractivity contribution in [2.45, 2.75) is 19.4 Å². The molecule has 1 atom stereocenters. The van der Waals surface area contributed by atoms with Crippen LogP contribution >= 0.6 is 0 Å². The van der Waals surface area contributed by atoms with Gasteiger partial charge in [-0.1, -0.05) is 42.5 Å². The third-order valence-electron chi connectivity index (χ3n) is 4.50. The quantitative estimate of drug-likeness (QED) is 0.799. The normalized spacial score (nSPS) is 16.3. The summed E-state index contributed by atoms with van der Waals surface area (Å²) < 4.78 is 7.54. The second-order valence-electron chi connectivity index (χ2n) is 6.08. The number of rotatable bonds is 3. The fraction of sp³-hybridized carbons (Fsp3) is 0.200. The molecule has 1 aliphatic rings. The molecule has 0 fully saturated rings. The fourth-order valence-electron chi connectivity index (χ4n) is 3.17. The molecule has 5 heteroatoms. The van der Waals surface area contributed by atoms with Crippen LogP contribution in [0, 0.1) is 6.92 Å². The van der Waals surface area contributed by atoms with Gasteiger partial charge in [-0.05, 0) is 36.6 Å². The summed E-state index contributed by atoms with van der Waals surface area (Å²) in [5.41, 5.74) is 4.65. The van der Waals surface area contributed by atoms with Crippen molar-refractivity contribution in [2.24, 2.45) is 0 Å². The molecule has 0 unspecified atom stereocenters. The molecule has 1 aliphatic heterocycles. The lowest BCUT2D eigenvalue weighted by Crippen LogP contribution is -2.28. The lowest BCUT2D eigenvalue weighted by Gasteiger charge is -2.25. The van der Waals surface area contributed by atoms with Gasteiger partial charge in [0.25, 0.3) is 5.91 Å². The van der Waals surface area contributed by atoms with E-state index < -0.39 is 6.10 Å². The molecule has 1 aromatic heterocycles. The van der Waals surface area contributed by atoms with Gasteiger partial charge in [-0.3, -0.25) is 4.79 Å².